The smallest absolute Gasteiger partial charge is 0.223 e. The molecule has 2 unspecified atom stereocenters. The molecular weight excluding hydrogens is 230 g/mol. The van der Waals surface area contributed by atoms with E-state index >= 15 is 0 Å². The van der Waals surface area contributed by atoms with Gasteiger partial charge in [0.15, 0.2) is 0 Å². The van der Waals surface area contributed by atoms with E-state index in [4.69, 9.17) is 0 Å². The van der Waals surface area contributed by atoms with Crippen LogP contribution in [0.2, 0.25) is 0 Å². The normalized spacial score (nSPS) is 26.1. The number of hydrogen-bond donors (Lipinski definition) is 1. The second-order valence-electron chi connectivity index (χ2n) is 4.41. The largest absolute Gasteiger partial charge is 0.391 e. The first kappa shape index (κ1) is 13.4. The molecule has 94 valence electrons. The number of carbonyl (C=O) groups excluding carboxylic acids is 1. The van der Waals surface area contributed by atoms with Crippen LogP contribution in [0.25, 0.3) is 0 Å². The van der Waals surface area contributed by atoms with Crippen molar-refractivity contribution in [3.8, 4) is 0 Å². The average molecular weight is 249 g/mol. The van der Waals surface area contributed by atoms with Crippen LogP contribution in [0.1, 0.15) is 19.8 Å². The van der Waals surface area contributed by atoms with Crippen molar-refractivity contribution < 1.29 is 18.3 Å². The molecule has 2 atom stereocenters. The van der Waals surface area contributed by atoms with Crippen molar-refractivity contribution in [3.05, 3.63) is 0 Å². The lowest BCUT2D eigenvalue weighted by Gasteiger charge is -2.15. The molecule has 0 aromatic rings. The molecule has 0 aromatic heterocycles. The van der Waals surface area contributed by atoms with Crippen LogP contribution in [-0.4, -0.2) is 55.5 Å². The van der Waals surface area contributed by atoms with Crippen LogP contribution >= 0.6 is 0 Å². The Morgan fingerprint density at radius 1 is 1.44 bits per heavy atom. The SMILES string of the molecule is CCC1CN(C(=O)CCS(C)(=O)=O)CC1O. The van der Waals surface area contributed by atoms with Crippen molar-refractivity contribution in [2.45, 2.75) is 25.9 Å². The Hall–Kier alpha value is -0.620. The molecule has 0 aromatic carbocycles. The van der Waals surface area contributed by atoms with Crippen molar-refractivity contribution in [2.24, 2.45) is 5.92 Å². The number of sulfone groups is 1. The summed E-state index contributed by atoms with van der Waals surface area (Å²) in [7, 11) is -3.09. The van der Waals surface area contributed by atoms with E-state index in [2.05, 4.69) is 0 Å². The fraction of sp³-hybridized carbons (Fsp3) is 0.900. The Labute approximate surface area is 96.4 Å². The first-order valence-electron chi connectivity index (χ1n) is 5.47. The Morgan fingerprint density at radius 2 is 2.06 bits per heavy atom. The highest BCUT2D eigenvalue weighted by Crippen LogP contribution is 2.20. The first-order valence-corrected chi connectivity index (χ1v) is 7.53. The number of amides is 1. The lowest BCUT2D eigenvalue weighted by molar-refractivity contribution is -0.130. The molecule has 0 spiro atoms. The highest BCUT2D eigenvalue weighted by molar-refractivity contribution is 7.90. The zero-order valence-corrected chi connectivity index (χ0v) is 10.5. The van der Waals surface area contributed by atoms with Gasteiger partial charge in [-0.1, -0.05) is 6.92 Å². The molecule has 1 amide bonds. The second-order valence-corrected chi connectivity index (χ2v) is 6.67. The third kappa shape index (κ3) is 3.75. The van der Waals surface area contributed by atoms with Crippen molar-refractivity contribution in [1.82, 2.24) is 4.90 Å². The standard InChI is InChI=1S/C10H19NO4S/c1-3-8-6-11(7-9(8)12)10(13)4-5-16(2,14)15/h8-9,12H,3-7H2,1-2H3. The van der Waals surface area contributed by atoms with Crippen LogP contribution in [0.5, 0.6) is 0 Å². The maximum Gasteiger partial charge on any atom is 0.223 e. The molecule has 0 bridgehead atoms. The minimum atomic E-state index is -3.09. The van der Waals surface area contributed by atoms with Crippen LogP contribution in [0.4, 0.5) is 0 Å². The summed E-state index contributed by atoms with van der Waals surface area (Å²) < 4.78 is 21.8. The van der Waals surface area contributed by atoms with Gasteiger partial charge in [-0.15, -0.1) is 0 Å². The Morgan fingerprint density at radius 3 is 2.50 bits per heavy atom. The number of rotatable bonds is 4. The molecule has 1 saturated heterocycles. The quantitative estimate of drug-likeness (QED) is 0.739. The summed E-state index contributed by atoms with van der Waals surface area (Å²) in [5.74, 6) is -0.169. The van der Waals surface area contributed by atoms with Crippen molar-refractivity contribution in [2.75, 3.05) is 25.1 Å². The molecule has 5 nitrogen and oxygen atoms in total. The van der Waals surface area contributed by atoms with E-state index in [0.29, 0.717) is 13.1 Å². The van der Waals surface area contributed by atoms with Crippen LogP contribution in [0.3, 0.4) is 0 Å². The van der Waals surface area contributed by atoms with Crippen LogP contribution < -0.4 is 0 Å². The zero-order valence-electron chi connectivity index (χ0n) is 9.72. The van der Waals surface area contributed by atoms with E-state index in [1.807, 2.05) is 6.92 Å². The molecule has 1 rings (SSSR count). The molecule has 1 N–H and O–H groups in total. The molecular formula is C10H19NO4S. The summed E-state index contributed by atoms with van der Waals surface area (Å²) in [5, 5.41) is 9.62. The average Bonchev–Trinajstić information content (AvgIpc) is 2.55. The van der Waals surface area contributed by atoms with Crippen LogP contribution in [0.15, 0.2) is 0 Å². The maximum atomic E-state index is 11.6. The first-order chi connectivity index (χ1) is 7.33. The summed E-state index contributed by atoms with van der Waals surface area (Å²) in [6.45, 7) is 2.85. The molecule has 1 heterocycles. The number of carbonyl (C=O) groups is 1. The predicted octanol–water partition coefficient (Wildman–Crippen LogP) is -0.350. The Bertz CT molecular complexity index is 352. The van der Waals surface area contributed by atoms with E-state index in [9.17, 15) is 18.3 Å². The summed E-state index contributed by atoms with van der Waals surface area (Å²) in [6.07, 6.45) is 1.50. The number of aliphatic hydroxyl groups is 1. The van der Waals surface area contributed by atoms with Gasteiger partial charge in [-0.25, -0.2) is 8.42 Å². The van der Waals surface area contributed by atoms with Gasteiger partial charge in [-0.2, -0.15) is 0 Å². The van der Waals surface area contributed by atoms with Gasteiger partial charge >= 0.3 is 0 Å². The van der Waals surface area contributed by atoms with E-state index in [1.165, 1.54) is 0 Å². The predicted molar refractivity (Wildman–Crippen MR) is 60.7 cm³/mol. The van der Waals surface area contributed by atoms with E-state index < -0.39 is 15.9 Å². The number of β-amino-alcohol motifs (C(OH)–C–C–N with tert-alkyl or cyclic N) is 1. The van der Waals surface area contributed by atoms with Crippen LogP contribution in [-0.2, 0) is 14.6 Å². The van der Waals surface area contributed by atoms with Gasteiger partial charge in [0.25, 0.3) is 0 Å². The van der Waals surface area contributed by atoms with Crippen molar-refractivity contribution in [3.63, 3.8) is 0 Å². The van der Waals surface area contributed by atoms with Gasteiger partial charge in [0, 0.05) is 31.7 Å². The minimum absolute atomic E-state index is 0.0159. The monoisotopic (exact) mass is 249 g/mol. The minimum Gasteiger partial charge on any atom is -0.391 e. The number of likely N-dealkylation sites (tertiary alicyclic amines) is 1. The third-order valence-corrected chi connectivity index (χ3v) is 3.92. The van der Waals surface area contributed by atoms with Gasteiger partial charge < -0.3 is 10.0 Å². The molecule has 0 aliphatic carbocycles. The lowest BCUT2D eigenvalue weighted by Crippen LogP contribution is -2.30. The van der Waals surface area contributed by atoms with Gasteiger partial charge in [-0.3, -0.25) is 4.79 Å². The Balaban J connectivity index is 2.45. The van der Waals surface area contributed by atoms with Crippen LogP contribution in [0, 0.1) is 5.92 Å². The van der Waals surface area contributed by atoms with Gasteiger partial charge in [0.05, 0.1) is 11.9 Å². The third-order valence-electron chi connectivity index (χ3n) is 2.97. The molecule has 0 saturated carbocycles. The summed E-state index contributed by atoms with van der Waals surface area (Å²) in [5.41, 5.74) is 0. The zero-order chi connectivity index (χ0) is 12.3. The van der Waals surface area contributed by atoms with E-state index in [0.717, 1.165) is 12.7 Å². The Kier molecular flexibility index (Phi) is 4.32. The molecule has 1 aliphatic rings. The molecule has 1 aliphatic heterocycles. The summed E-state index contributed by atoms with van der Waals surface area (Å²) in [6, 6.07) is 0. The molecule has 1 fully saturated rings. The summed E-state index contributed by atoms with van der Waals surface area (Å²) in [4.78, 5) is 13.2. The highest BCUT2D eigenvalue weighted by atomic mass is 32.2. The maximum absolute atomic E-state index is 11.6. The number of hydrogen-bond acceptors (Lipinski definition) is 4. The fourth-order valence-electron chi connectivity index (χ4n) is 1.89. The summed E-state index contributed by atoms with van der Waals surface area (Å²) >= 11 is 0. The fourth-order valence-corrected chi connectivity index (χ4v) is 2.44. The van der Waals surface area contributed by atoms with Crippen molar-refractivity contribution >= 4 is 15.7 Å². The van der Waals surface area contributed by atoms with Gasteiger partial charge in [0.2, 0.25) is 5.91 Å². The molecule has 16 heavy (non-hydrogen) atoms. The van der Waals surface area contributed by atoms with E-state index in [1.54, 1.807) is 4.90 Å². The van der Waals surface area contributed by atoms with Gasteiger partial charge in [-0.05, 0) is 6.42 Å². The van der Waals surface area contributed by atoms with E-state index in [-0.39, 0.29) is 24.0 Å². The lowest BCUT2D eigenvalue weighted by atomic mass is 10.0. The number of aliphatic hydroxyl groups excluding tert-OH is 1. The topological polar surface area (TPSA) is 74.7 Å². The van der Waals surface area contributed by atoms with Crippen molar-refractivity contribution in [1.29, 1.82) is 0 Å². The number of nitrogens with zero attached hydrogens (tertiary/aromatic N) is 1. The van der Waals surface area contributed by atoms with Gasteiger partial charge in [0.1, 0.15) is 9.84 Å². The highest BCUT2D eigenvalue weighted by Gasteiger charge is 2.32. The molecule has 0 radical (unpaired) electrons. The second kappa shape index (κ2) is 5.14. The molecule has 6 heteroatoms.